The van der Waals surface area contributed by atoms with Crippen molar-refractivity contribution in [2.24, 2.45) is 5.10 Å². The summed E-state index contributed by atoms with van der Waals surface area (Å²) in [6, 6.07) is 15.9. The molecule has 0 bridgehead atoms. The van der Waals surface area contributed by atoms with E-state index in [9.17, 15) is 18.5 Å². The second-order valence-electron chi connectivity index (χ2n) is 7.55. The van der Waals surface area contributed by atoms with E-state index in [-0.39, 0.29) is 22.0 Å². The number of non-ortho nitro benzene ring substituents is 1. The molecule has 0 fully saturated rings. The van der Waals surface area contributed by atoms with Crippen molar-refractivity contribution in [1.82, 2.24) is 4.98 Å². The van der Waals surface area contributed by atoms with Crippen molar-refractivity contribution in [2.75, 3.05) is 17.3 Å². The number of ether oxygens (including phenoxy) is 1. The van der Waals surface area contributed by atoms with Crippen LogP contribution in [0.5, 0.6) is 5.75 Å². The zero-order chi connectivity index (χ0) is 25.0. The zero-order valence-electron chi connectivity index (χ0n) is 19.0. The molecule has 0 aliphatic rings. The Bertz CT molecular complexity index is 1530. The van der Waals surface area contributed by atoms with Crippen LogP contribution in [0.4, 0.5) is 17.1 Å². The Hall–Kier alpha value is -4.38. The number of hydrogen-bond acceptors (Lipinski definition) is 7. The number of nitrogens with one attached hydrogen (secondary N) is 3. The van der Waals surface area contributed by atoms with Crippen LogP contribution in [0, 0.1) is 10.1 Å². The van der Waals surface area contributed by atoms with E-state index in [1.54, 1.807) is 24.4 Å². The van der Waals surface area contributed by atoms with Crippen LogP contribution < -0.4 is 14.9 Å². The number of aryl methyl sites for hydroxylation is 1. The zero-order valence-corrected chi connectivity index (χ0v) is 19.8. The third kappa shape index (κ3) is 4.94. The molecule has 0 saturated carbocycles. The van der Waals surface area contributed by atoms with Gasteiger partial charge in [0.2, 0.25) is 0 Å². The number of rotatable bonds is 9. The van der Waals surface area contributed by atoms with Gasteiger partial charge in [-0.25, -0.2) is 8.42 Å². The van der Waals surface area contributed by atoms with Crippen LogP contribution in [-0.4, -0.2) is 31.6 Å². The standard InChI is InChI=1S/C24H23N5O5S/c1-3-16-7-6-8-19-17(14-25-24(16)19)15-26-27-21-12-11-18(29(30)31)13-23(21)35(32,33)28-20-9-4-5-10-22(20)34-2/h4-15,25,27-28H,3H2,1-2H3/b26-15+. The lowest BCUT2D eigenvalue weighted by atomic mass is 10.1. The minimum atomic E-state index is -4.24. The second kappa shape index (κ2) is 9.85. The van der Waals surface area contributed by atoms with E-state index in [0.717, 1.165) is 29.0 Å². The van der Waals surface area contributed by atoms with Gasteiger partial charge in [-0.3, -0.25) is 20.3 Å². The molecule has 11 heteroatoms. The van der Waals surface area contributed by atoms with E-state index in [0.29, 0.717) is 5.75 Å². The smallest absolute Gasteiger partial charge is 0.270 e. The van der Waals surface area contributed by atoms with Crippen molar-refractivity contribution in [3.8, 4) is 5.75 Å². The highest BCUT2D eigenvalue weighted by Gasteiger charge is 2.23. The summed E-state index contributed by atoms with van der Waals surface area (Å²) in [5, 5.41) is 16.5. The maximum absolute atomic E-state index is 13.2. The number of hydrazone groups is 1. The second-order valence-corrected chi connectivity index (χ2v) is 9.20. The fourth-order valence-corrected chi connectivity index (χ4v) is 4.93. The SMILES string of the molecule is CCc1cccc2c(/C=N/Nc3ccc([N+](=O)[O-])cc3S(=O)(=O)Nc3ccccc3OC)c[nH]c12. The Balaban J connectivity index is 1.68. The van der Waals surface area contributed by atoms with E-state index >= 15 is 0 Å². The molecular formula is C24H23N5O5S. The first kappa shape index (κ1) is 23.8. The first-order chi connectivity index (χ1) is 16.8. The highest BCUT2D eigenvalue weighted by Crippen LogP contribution is 2.31. The number of sulfonamides is 1. The van der Waals surface area contributed by atoms with E-state index in [2.05, 4.69) is 27.2 Å². The molecule has 0 aliphatic heterocycles. The van der Waals surface area contributed by atoms with Gasteiger partial charge in [0.1, 0.15) is 10.6 Å². The molecule has 0 unspecified atom stereocenters. The molecular weight excluding hydrogens is 470 g/mol. The average Bonchev–Trinajstić information content (AvgIpc) is 3.27. The quantitative estimate of drug-likeness (QED) is 0.172. The third-order valence-corrected chi connectivity index (χ3v) is 6.83. The fourth-order valence-electron chi connectivity index (χ4n) is 3.68. The van der Waals surface area contributed by atoms with Crippen molar-refractivity contribution in [3.63, 3.8) is 0 Å². The largest absolute Gasteiger partial charge is 0.495 e. The monoisotopic (exact) mass is 493 g/mol. The molecule has 35 heavy (non-hydrogen) atoms. The molecule has 1 heterocycles. The minimum absolute atomic E-state index is 0.0725. The normalized spacial score (nSPS) is 11.6. The minimum Gasteiger partial charge on any atom is -0.495 e. The van der Waals surface area contributed by atoms with Crippen molar-refractivity contribution >= 4 is 44.2 Å². The van der Waals surface area contributed by atoms with Gasteiger partial charge in [0.05, 0.1) is 29.6 Å². The highest BCUT2D eigenvalue weighted by atomic mass is 32.2. The number of nitro benzene ring substituents is 1. The molecule has 0 saturated heterocycles. The van der Waals surface area contributed by atoms with Gasteiger partial charge in [0, 0.05) is 34.8 Å². The summed E-state index contributed by atoms with van der Waals surface area (Å²) in [5.74, 6) is 0.305. The molecule has 0 amide bonds. The fraction of sp³-hybridized carbons (Fsp3) is 0.125. The van der Waals surface area contributed by atoms with Gasteiger partial charge >= 0.3 is 0 Å². The van der Waals surface area contributed by atoms with Crippen molar-refractivity contribution in [3.05, 3.63) is 88.1 Å². The molecule has 3 aromatic carbocycles. The van der Waals surface area contributed by atoms with E-state index in [1.807, 2.05) is 24.4 Å². The number of aromatic amines is 1. The van der Waals surface area contributed by atoms with Crippen LogP contribution in [0.1, 0.15) is 18.1 Å². The Labute approximate surface area is 201 Å². The van der Waals surface area contributed by atoms with Crippen LogP contribution in [0.2, 0.25) is 0 Å². The lowest BCUT2D eigenvalue weighted by molar-refractivity contribution is -0.385. The van der Waals surface area contributed by atoms with Gasteiger partial charge in [-0.1, -0.05) is 37.3 Å². The highest BCUT2D eigenvalue weighted by molar-refractivity contribution is 7.93. The summed E-state index contributed by atoms with van der Waals surface area (Å²) in [4.78, 5) is 13.6. The predicted octanol–water partition coefficient (Wildman–Crippen LogP) is 4.89. The lowest BCUT2D eigenvalue weighted by Crippen LogP contribution is -2.15. The number of nitrogens with zero attached hydrogens (tertiary/aromatic N) is 2. The molecule has 0 atom stereocenters. The topological polar surface area (TPSA) is 139 Å². The Kier molecular flexibility index (Phi) is 6.69. The predicted molar refractivity (Wildman–Crippen MR) is 136 cm³/mol. The van der Waals surface area contributed by atoms with Gasteiger partial charge in [-0.05, 0) is 30.2 Å². The molecule has 4 aromatic rings. The number of nitro groups is 1. The Morgan fingerprint density at radius 3 is 2.66 bits per heavy atom. The van der Waals surface area contributed by atoms with Crippen molar-refractivity contribution in [1.29, 1.82) is 0 Å². The van der Waals surface area contributed by atoms with Gasteiger partial charge in [-0.2, -0.15) is 5.10 Å². The number of fused-ring (bicyclic) bond motifs is 1. The maximum atomic E-state index is 13.2. The lowest BCUT2D eigenvalue weighted by Gasteiger charge is -2.14. The number of aromatic nitrogens is 1. The van der Waals surface area contributed by atoms with Crippen molar-refractivity contribution < 1.29 is 18.1 Å². The molecule has 3 N–H and O–H groups in total. The van der Waals surface area contributed by atoms with Gasteiger partial charge in [-0.15, -0.1) is 0 Å². The van der Waals surface area contributed by atoms with E-state index < -0.39 is 14.9 Å². The van der Waals surface area contributed by atoms with Crippen LogP contribution in [0.25, 0.3) is 10.9 Å². The van der Waals surface area contributed by atoms with Crippen LogP contribution >= 0.6 is 0 Å². The summed E-state index contributed by atoms with van der Waals surface area (Å²) in [6.07, 6.45) is 4.24. The molecule has 10 nitrogen and oxygen atoms in total. The third-order valence-electron chi connectivity index (χ3n) is 5.42. The summed E-state index contributed by atoms with van der Waals surface area (Å²) < 4.78 is 34.1. The first-order valence-corrected chi connectivity index (χ1v) is 12.1. The van der Waals surface area contributed by atoms with Gasteiger partial charge < -0.3 is 9.72 Å². The Morgan fingerprint density at radius 2 is 1.91 bits per heavy atom. The van der Waals surface area contributed by atoms with Crippen LogP contribution in [0.3, 0.4) is 0 Å². The number of H-pyrrole nitrogens is 1. The maximum Gasteiger partial charge on any atom is 0.270 e. The molecule has 0 aliphatic carbocycles. The molecule has 0 spiro atoms. The Morgan fingerprint density at radius 1 is 1.11 bits per heavy atom. The number of hydrogen-bond donors (Lipinski definition) is 3. The van der Waals surface area contributed by atoms with Gasteiger partial charge in [0.15, 0.2) is 0 Å². The number of anilines is 2. The summed E-state index contributed by atoms with van der Waals surface area (Å²) in [7, 11) is -2.82. The summed E-state index contributed by atoms with van der Waals surface area (Å²) in [6.45, 7) is 2.07. The number of para-hydroxylation sites is 3. The van der Waals surface area contributed by atoms with E-state index in [1.165, 1.54) is 30.9 Å². The summed E-state index contributed by atoms with van der Waals surface area (Å²) in [5.41, 5.74) is 5.60. The molecule has 0 radical (unpaired) electrons. The first-order valence-electron chi connectivity index (χ1n) is 10.7. The van der Waals surface area contributed by atoms with Crippen molar-refractivity contribution in [2.45, 2.75) is 18.2 Å². The number of methoxy groups -OCH3 is 1. The summed E-state index contributed by atoms with van der Waals surface area (Å²) >= 11 is 0. The van der Waals surface area contributed by atoms with Crippen LogP contribution in [0.15, 0.2) is 76.9 Å². The van der Waals surface area contributed by atoms with Gasteiger partial charge in [0.25, 0.3) is 15.7 Å². The average molecular weight is 494 g/mol. The molecule has 4 rings (SSSR count). The number of benzene rings is 3. The molecule has 1 aromatic heterocycles. The van der Waals surface area contributed by atoms with E-state index in [4.69, 9.17) is 4.74 Å². The van der Waals surface area contributed by atoms with Crippen LogP contribution in [-0.2, 0) is 16.4 Å². The molecule has 180 valence electrons.